The Kier molecular flexibility index (Phi) is 4.11. The van der Waals surface area contributed by atoms with Gasteiger partial charge in [0.05, 0.1) is 0 Å². The second-order valence-corrected chi connectivity index (χ2v) is 6.45. The predicted molar refractivity (Wildman–Crippen MR) is 81.1 cm³/mol. The average Bonchev–Trinajstić information content (AvgIpc) is 2.25. The van der Waals surface area contributed by atoms with E-state index in [0.717, 1.165) is 27.6 Å². The van der Waals surface area contributed by atoms with Crippen LogP contribution in [0, 0.1) is 27.7 Å². The van der Waals surface area contributed by atoms with Gasteiger partial charge >= 0.3 is 0 Å². The molecule has 0 bridgehead atoms. The van der Waals surface area contributed by atoms with E-state index in [1.807, 2.05) is 52.0 Å². The highest BCUT2D eigenvalue weighted by atomic mass is 31.1. The van der Waals surface area contributed by atoms with Crippen LogP contribution in [0.15, 0.2) is 36.4 Å². The number of hydrogen-bond acceptors (Lipinski definition) is 2. The fourth-order valence-electron chi connectivity index (χ4n) is 2.25. The molecular weight excluding hydrogens is 255 g/mol. The van der Waals surface area contributed by atoms with Gasteiger partial charge in [-0.05, 0) is 63.1 Å². The molecule has 0 N–H and O–H groups in total. The molecule has 0 aromatic heterocycles. The highest BCUT2D eigenvalue weighted by molar-refractivity contribution is 7.48. The molecule has 2 nitrogen and oxygen atoms in total. The summed E-state index contributed by atoms with van der Waals surface area (Å²) in [5, 5.41) is 0.779. The van der Waals surface area contributed by atoms with Crippen LogP contribution in [0.5, 0.6) is 5.75 Å². The molecule has 1 unspecified atom stereocenters. The summed E-state index contributed by atoms with van der Waals surface area (Å²) in [5.41, 5.74) is 4.45. The van der Waals surface area contributed by atoms with Gasteiger partial charge in [-0.1, -0.05) is 23.3 Å². The maximum Gasteiger partial charge on any atom is 0.265 e. The van der Waals surface area contributed by atoms with Crippen molar-refractivity contribution >= 4 is 13.3 Å². The number of benzene rings is 2. The maximum atomic E-state index is 12.3. The monoisotopic (exact) mass is 274 g/mol. The summed E-state index contributed by atoms with van der Waals surface area (Å²) in [6, 6.07) is 11.8. The molecule has 100 valence electrons. The highest BCUT2D eigenvalue weighted by Gasteiger charge is 2.07. The minimum absolute atomic E-state index is 0.681. The molecule has 0 heterocycles. The molecule has 3 heteroatoms. The zero-order valence-electron chi connectivity index (χ0n) is 11.8. The predicted octanol–water partition coefficient (Wildman–Crippen LogP) is 4.10. The van der Waals surface area contributed by atoms with Gasteiger partial charge in [0.2, 0.25) is 0 Å². The van der Waals surface area contributed by atoms with Crippen LogP contribution in [0.2, 0.25) is 0 Å². The third kappa shape index (κ3) is 3.71. The Morgan fingerprint density at radius 1 is 0.737 bits per heavy atom. The van der Waals surface area contributed by atoms with Crippen LogP contribution in [0.1, 0.15) is 22.3 Å². The van der Waals surface area contributed by atoms with E-state index in [0.29, 0.717) is 5.75 Å². The van der Waals surface area contributed by atoms with Crippen LogP contribution in [-0.4, -0.2) is 0 Å². The first kappa shape index (κ1) is 13.9. The van der Waals surface area contributed by atoms with Crippen LogP contribution in [0.4, 0.5) is 0 Å². The molecule has 0 radical (unpaired) electrons. The molecule has 0 aliphatic heterocycles. The highest BCUT2D eigenvalue weighted by Crippen LogP contribution is 2.28. The van der Waals surface area contributed by atoms with Crippen LogP contribution in [0.25, 0.3) is 0 Å². The summed E-state index contributed by atoms with van der Waals surface area (Å²) in [5.74, 6) is 0.681. The fourth-order valence-corrected chi connectivity index (χ4v) is 3.39. The first-order chi connectivity index (χ1) is 8.94. The Bertz CT molecular complexity index is 592. The van der Waals surface area contributed by atoms with Crippen LogP contribution in [-0.2, 0) is 4.57 Å². The van der Waals surface area contributed by atoms with E-state index in [9.17, 15) is 4.57 Å². The summed E-state index contributed by atoms with van der Waals surface area (Å²) < 4.78 is 17.9. The Morgan fingerprint density at radius 2 is 1.16 bits per heavy atom. The zero-order chi connectivity index (χ0) is 14.0. The van der Waals surface area contributed by atoms with Crippen molar-refractivity contribution < 1.29 is 9.09 Å². The molecule has 2 aromatic rings. The molecule has 2 aromatic carbocycles. The van der Waals surface area contributed by atoms with Crippen LogP contribution in [0.3, 0.4) is 0 Å². The van der Waals surface area contributed by atoms with Gasteiger partial charge in [-0.2, -0.15) is 0 Å². The first-order valence-electron chi connectivity index (χ1n) is 6.33. The van der Waals surface area contributed by atoms with Crippen molar-refractivity contribution in [1.29, 1.82) is 0 Å². The number of hydrogen-bond donors (Lipinski definition) is 0. The van der Waals surface area contributed by atoms with Gasteiger partial charge in [0.25, 0.3) is 8.03 Å². The standard InChI is InChI=1S/C16H19O2P/c1-11-5-12(2)8-15(7-11)18-19(17)16-9-13(3)6-14(4)10-16/h5-10,19H,1-4H3. The second kappa shape index (κ2) is 5.63. The smallest absolute Gasteiger partial charge is 0.265 e. The van der Waals surface area contributed by atoms with E-state index in [1.165, 1.54) is 0 Å². The van der Waals surface area contributed by atoms with Crippen molar-refractivity contribution in [2.75, 3.05) is 0 Å². The molecule has 0 fully saturated rings. The maximum absolute atomic E-state index is 12.3. The van der Waals surface area contributed by atoms with Crippen molar-refractivity contribution in [1.82, 2.24) is 0 Å². The fraction of sp³-hybridized carbons (Fsp3) is 0.250. The average molecular weight is 274 g/mol. The third-order valence-electron chi connectivity index (χ3n) is 2.86. The van der Waals surface area contributed by atoms with E-state index in [1.54, 1.807) is 0 Å². The lowest BCUT2D eigenvalue weighted by Crippen LogP contribution is -2.02. The molecule has 0 aliphatic rings. The minimum atomic E-state index is -2.25. The van der Waals surface area contributed by atoms with Gasteiger partial charge in [-0.15, -0.1) is 0 Å². The summed E-state index contributed by atoms with van der Waals surface area (Å²) in [6.45, 7) is 8.02. The zero-order valence-corrected chi connectivity index (χ0v) is 12.8. The Balaban J connectivity index is 2.25. The third-order valence-corrected chi connectivity index (χ3v) is 4.04. The topological polar surface area (TPSA) is 26.3 Å². The summed E-state index contributed by atoms with van der Waals surface area (Å²) in [7, 11) is -2.25. The normalized spacial score (nSPS) is 12.2. The Labute approximate surface area is 115 Å². The van der Waals surface area contributed by atoms with Gasteiger partial charge in [0.15, 0.2) is 0 Å². The quantitative estimate of drug-likeness (QED) is 0.788. The van der Waals surface area contributed by atoms with Crippen LogP contribution >= 0.6 is 8.03 Å². The van der Waals surface area contributed by atoms with Gasteiger partial charge in [-0.25, -0.2) is 0 Å². The van der Waals surface area contributed by atoms with Crippen molar-refractivity contribution in [3.05, 3.63) is 58.7 Å². The first-order valence-corrected chi connectivity index (χ1v) is 7.64. The Morgan fingerprint density at radius 3 is 1.63 bits per heavy atom. The lowest BCUT2D eigenvalue weighted by atomic mass is 10.1. The summed E-state index contributed by atoms with van der Waals surface area (Å²) in [4.78, 5) is 0. The molecule has 2 rings (SSSR count). The van der Waals surface area contributed by atoms with Gasteiger partial charge in [-0.3, -0.25) is 4.57 Å². The number of aryl methyl sites for hydroxylation is 4. The molecule has 0 amide bonds. The van der Waals surface area contributed by atoms with Crippen molar-refractivity contribution in [3.63, 3.8) is 0 Å². The van der Waals surface area contributed by atoms with Gasteiger partial charge in [0, 0.05) is 5.30 Å². The van der Waals surface area contributed by atoms with E-state index in [-0.39, 0.29) is 0 Å². The number of rotatable bonds is 3. The van der Waals surface area contributed by atoms with Crippen molar-refractivity contribution in [2.24, 2.45) is 0 Å². The van der Waals surface area contributed by atoms with E-state index in [4.69, 9.17) is 4.52 Å². The van der Waals surface area contributed by atoms with E-state index >= 15 is 0 Å². The Hall–Kier alpha value is -1.53. The van der Waals surface area contributed by atoms with Crippen LogP contribution < -0.4 is 9.83 Å². The lowest BCUT2D eigenvalue weighted by Gasteiger charge is -2.09. The van der Waals surface area contributed by atoms with Crippen molar-refractivity contribution in [3.8, 4) is 5.75 Å². The van der Waals surface area contributed by atoms with E-state index in [2.05, 4.69) is 12.1 Å². The lowest BCUT2D eigenvalue weighted by molar-refractivity contribution is 0.514. The largest absolute Gasteiger partial charge is 0.442 e. The van der Waals surface area contributed by atoms with E-state index < -0.39 is 8.03 Å². The molecule has 0 saturated heterocycles. The molecular formula is C16H19O2P. The van der Waals surface area contributed by atoms with Gasteiger partial charge in [0.1, 0.15) is 5.75 Å². The molecule has 0 saturated carbocycles. The van der Waals surface area contributed by atoms with Crippen molar-refractivity contribution in [2.45, 2.75) is 27.7 Å². The summed E-state index contributed by atoms with van der Waals surface area (Å²) >= 11 is 0. The molecule has 1 atom stereocenters. The minimum Gasteiger partial charge on any atom is -0.442 e. The second-order valence-electron chi connectivity index (χ2n) is 5.09. The summed E-state index contributed by atoms with van der Waals surface area (Å²) in [6.07, 6.45) is 0. The molecule has 0 aliphatic carbocycles. The molecule has 0 spiro atoms. The molecule has 19 heavy (non-hydrogen) atoms. The van der Waals surface area contributed by atoms with Gasteiger partial charge < -0.3 is 4.52 Å². The SMILES string of the molecule is Cc1cc(C)cc(O[PH](=O)c2cc(C)cc(C)c2)c1.